The lowest BCUT2D eigenvalue weighted by Gasteiger charge is -2.31. The van der Waals surface area contributed by atoms with Crippen molar-refractivity contribution in [3.05, 3.63) is 88.0 Å². The van der Waals surface area contributed by atoms with Gasteiger partial charge in [0.05, 0.1) is 33.8 Å². The molecule has 0 unspecified atom stereocenters. The summed E-state index contributed by atoms with van der Waals surface area (Å²) >= 11 is 0. The number of alkyl halides is 9. The van der Waals surface area contributed by atoms with Gasteiger partial charge in [0.25, 0.3) is 0 Å². The molecule has 3 aliphatic rings. The van der Waals surface area contributed by atoms with Gasteiger partial charge >= 0.3 is 18.5 Å². The second kappa shape index (κ2) is 17.8. The third-order valence-corrected chi connectivity index (χ3v) is 7.53. The number of hydrogen-bond donors (Lipinski definition) is 3. The molecule has 3 N–H and O–H groups in total. The molecule has 3 heterocycles. The maximum absolute atomic E-state index is 12.7. The van der Waals surface area contributed by atoms with Crippen LogP contribution in [-0.2, 0) is 37.8 Å². The highest BCUT2D eigenvalue weighted by Gasteiger charge is 2.36. The van der Waals surface area contributed by atoms with Gasteiger partial charge in [0, 0.05) is 40.8 Å². The number of hydrogen-bond acceptors (Lipinski definition) is 6. The van der Waals surface area contributed by atoms with E-state index in [-0.39, 0.29) is 5.69 Å². The van der Waals surface area contributed by atoms with E-state index in [4.69, 9.17) is 0 Å². The van der Waals surface area contributed by atoms with Crippen LogP contribution in [0.5, 0.6) is 0 Å². The normalized spacial score (nSPS) is 15.3. The van der Waals surface area contributed by atoms with Crippen molar-refractivity contribution in [1.29, 1.82) is 0 Å². The van der Waals surface area contributed by atoms with Gasteiger partial charge in [0.2, 0.25) is 0 Å². The summed E-state index contributed by atoms with van der Waals surface area (Å²) in [5, 5.41) is 4.83. The van der Waals surface area contributed by atoms with E-state index in [0.717, 1.165) is 53.5 Å². The van der Waals surface area contributed by atoms with Crippen LogP contribution in [0.1, 0.15) is 61.1 Å². The molecule has 0 bridgehead atoms. The average Bonchev–Trinajstić information content (AvgIpc) is 3.06. The summed E-state index contributed by atoms with van der Waals surface area (Å²) in [4.78, 5) is 0. The van der Waals surface area contributed by atoms with Gasteiger partial charge in [-0.3, -0.25) is 0 Å². The fraction of sp³-hybridized carbons (Fsp3) is 0.471. The lowest BCUT2D eigenvalue weighted by molar-refractivity contribution is -0.138. The van der Waals surface area contributed by atoms with E-state index in [1.807, 2.05) is 27.7 Å². The number of hydrazine groups is 3. The molecule has 49 heavy (non-hydrogen) atoms. The highest BCUT2D eigenvalue weighted by molar-refractivity contribution is 5.61. The Kier molecular flexibility index (Phi) is 15.1. The molecule has 0 radical (unpaired) electrons. The van der Waals surface area contributed by atoms with Crippen LogP contribution < -0.4 is 31.3 Å². The number of anilines is 3. The lowest BCUT2D eigenvalue weighted by Crippen LogP contribution is -2.41. The molecule has 0 aromatic heterocycles. The largest absolute Gasteiger partial charge is 0.418 e. The number of halogens is 9. The molecule has 3 aromatic carbocycles. The molecule has 274 valence electrons. The minimum absolute atomic E-state index is 0.247. The summed E-state index contributed by atoms with van der Waals surface area (Å²) in [7, 11) is 5.12. The van der Waals surface area contributed by atoms with Crippen LogP contribution in [0.4, 0.5) is 56.6 Å². The van der Waals surface area contributed by atoms with Gasteiger partial charge in [-0.25, -0.2) is 16.3 Å². The molecule has 0 aliphatic carbocycles. The molecule has 6 nitrogen and oxygen atoms in total. The van der Waals surface area contributed by atoms with E-state index in [1.54, 1.807) is 43.3 Å². The van der Waals surface area contributed by atoms with Crippen LogP contribution in [0.3, 0.4) is 0 Å². The first-order chi connectivity index (χ1) is 23.0. The van der Waals surface area contributed by atoms with Crippen LogP contribution in [-0.4, -0.2) is 40.8 Å². The molecule has 0 amide bonds. The zero-order valence-electron chi connectivity index (χ0n) is 28.7. The first-order valence-electron chi connectivity index (χ1n) is 16.0. The molecule has 6 rings (SSSR count). The van der Waals surface area contributed by atoms with Crippen LogP contribution in [0, 0.1) is 0 Å². The summed E-state index contributed by atoms with van der Waals surface area (Å²) in [6.07, 6.45) is -10.8. The predicted octanol–water partition coefficient (Wildman–Crippen LogP) is 8.66. The summed E-state index contributed by atoms with van der Waals surface area (Å²) < 4.78 is 113. The quantitative estimate of drug-likeness (QED) is 0.203. The summed E-state index contributed by atoms with van der Waals surface area (Å²) in [6, 6.07) is 12.0. The Hall–Kier alpha value is -3.69. The zero-order chi connectivity index (χ0) is 37.2. The second-order valence-electron chi connectivity index (χ2n) is 10.6. The zero-order valence-corrected chi connectivity index (χ0v) is 28.7. The Labute approximate surface area is 282 Å². The van der Waals surface area contributed by atoms with Crippen molar-refractivity contribution in [2.45, 2.75) is 65.5 Å². The van der Waals surface area contributed by atoms with Crippen molar-refractivity contribution in [2.24, 2.45) is 0 Å². The van der Waals surface area contributed by atoms with E-state index in [9.17, 15) is 39.5 Å². The molecular weight excluding hydrogens is 663 g/mol. The van der Waals surface area contributed by atoms with E-state index < -0.39 is 35.2 Å². The summed E-state index contributed by atoms with van der Waals surface area (Å²) in [6.45, 7) is 10.1. The van der Waals surface area contributed by atoms with Crippen LogP contribution in [0.15, 0.2) is 54.6 Å². The first kappa shape index (κ1) is 41.5. The maximum atomic E-state index is 12.7. The van der Waals surface area contributed by atoms with E-state index in [1.165, 1.54) is 29.3 Å². The summed E-state index contributed by atoms with van der Waals surface area (Å²) in [5.41, 5.74) is 11.3. The van der Waals surface area contributed by atoms with Gasteiger partial charge < -0.3 is 15.0 Å². The number of fused-ring (bicyclic) bond motifs is 3. The van der Waals surface area contributed by atoms with Crippen LogP contribution in [0.25, 0.3) is 0 Å². The van der Waals surface area contributed by atoms with Crippen molar-refractivity contribution in [2.75, 3.05) is 55.8 Å². The highest BCUT2D eigenvalue weighted by atomic mass is 19.4. The number of nitrogens with zero attached hydrogens (tertiary/aromatic N) is 3. The molecular formula is C34H45F9N6. The van der Waals surface area contributed by atoms with Crippen molar-refractivity contribution in [1.82, 2.24) is 16.3 Å². The van der Waals surface area contributed by atoms with E-state index >= 15 is 0 Å². The van der Waals surface area contributed by atoms with Gasteiger partial charge in [-0.2, -0.15) is 39.5 Å². The fourth-order valence-corrected chi connectivity index (χ4v) is 5.30. The third kappa shape index (κ3) is 11.2. The van der Waals surface area contributed by atoms with Gasteiger partial charge in [0.1, 0.15) is 0 Å². The first-order valence-corrected chi connectivity index (χ1v) is 16.0. The number of para-hydroxylation sites is 1. The molecule has 15 heteroatoms. The predicted molar refractivity (Wildman–Crippen MR) is 177 cm³/mol. The molecule has 0 fully saturated rings. The minimum atomic E-state index is -4.29. The number of benzene rings is 3. The van der Waals surface area contributed by atoms with Crippen molar-refractivity contribution in [3.8, 4) is 0 Å². The Bertz CT molecular complexity index is 1470. The van der Waals surface area contributed by atoms with Crippen LogP contribution in [0.2, 0.25) is 0 Å². The fourth-order valence-electron chi connectivity index (χ4n) is 5.30. The number of nitrogens with one attached hydrogen (secondary N) is 3. The smallest absolute Gasteiger partial charge is 0.311 e. The molecule has 0 atom stereocenters. The molecule has 0 saturated heterocycles. The molecule has 3 aromatic rings. The van der Waals surface area contributed by atoms with Crippen LogP contribution >= 0.6 is 0 Å². The SMILES string of the molecule is CC.CC.CN1NCCc2cc(C(F)(F)F)ccc21.CN1NCCc2ccc(C(F)(F)F)cc21.CN1NCCc2cccc(C(F)(F)F)c21. The molecule has 3 aliphatic heterocycles. The van der Waals surface area contributed by atoms with E-state index in [2.05, 4.69) is 16.3 Å². The Morgan fingerprint density at radius 3 is 1.51 bits per heavy atom. The maximum Gasteiger partial charge on any atom is 0.418 e. The van der Waals surface area contributed by atoms with Crippen molar-refractivity contribution in [3.63, 3.8) is 0 Å². The topological polar surface area (TPSA) is 45.8 Å². The Morgan fingerprint density at radius 2 is 0.959 bits per heavy atom. The average molecular weight is 709 g/mol. The summed E-state index contributed by atoms with van der Waals surface area (Å²) in [5.74, 6) is 0. The standard InChI is InChI=1S/3C10H11F3N2.2C2H6/c1-15-9-3-2-8(10(11,12)13)6-7(9)4-5-14-15;1-15-9-6-8(10(11,12)13)3-2-7(9)4-5-14-15;1-15-9-7(5-6-14-15)3-2-4-8(9)10(11,12)13;2*1-2/h2*2-3,6,14H,4-5H2,1H3;2-4,14H,5-6H2,1H3;2*1-2H3. The second-order valence-corrected chi connectivity index (χ2v) is 10.6. The Balaban J connectivity index is 0.000000242. The van der Waals surface area contributed by atoms with Crippen molar-refractivity contribution < 1.29 is 39.5 Å². The minimum Gasteiger partial charge on any atom is -0.311 e. The van der Waals surface area contributed by atoms with Gasteiger partial charge in [-0.15, -0.1) is 0 Å². The number of rotatable bonds is 0. The van der Waals surface area contributed by atoms with Gasteiger partial charge in [-0.05, 0) is 72.4 Å². The van der Waals surface area contributed by atoms with E-state index in [0.29, 0.717) is 31.6 Å². The lowest BCUT2D eigenvalue weighted by atomic mass is 10.0. The molecule has 0 spiro atoms. The third-order valence-electron chi connectivity index (χ3n) is 7.53. The van der Waals surface area contributed by atoms with Crippen molar-refractivity contribution >= 4 is 17.1 Å². The molecule has 0 saturated carbocycles. The monoisotopic (exact) mass is 708 g/mol. The highest BCUT2D eigenvalue weighted by Crippen LogP contribution is 2.39. The van der Waals surface area contributed by atoms with Gasteiger partial charge in [-0.1, -0.05) is 45.9 Å². The Morgan fingerprint density at radius 1 is 0.490 bits per heavy atom. The van der Waals surface area contributed by atoms with Gasteiger partial charge in [0.15, 0.2) is 0 Å².